The summed E-state index contributed by atoms with van der Waals surface area (Å²) in [5, 5.41) is 3.96. The number of halogens is 1. The summed E-state index contributed by atoms with van der Waals surface area (Å²) in [6.07, 6.45) is 8.28. The first-order valence-electron chi connectivity index (χ1n) is 8.31. The second kappa shape index (κ2) is 10.3. The molecule has 0 bridgehead atoms. The van der Waals surface area contributed by atoms with Crippen molar-refractivity contribution in [2.24, 2.45) is 22.6 Å². The van der Waals surface area contributed by atoms with Crippen molar-refractivity contribution in [1.82, 2.24) is 10.3 Å². The number of nitrogens with two attached hydrogens (primary N) is 1. The zero-order valence-corrected chi connectivity index (χ0v) is 16.3. The topological polar surface area (TPSA) is 80.4 Å². The minimum atomic E-state index is 0.309. The Kier molecular flexibility index (Phi) is 8.09. The van der Waals surface area contributed by atoms with Crippen LogP contribution < -0.4 is 11.1 Å². The molecule has 7 heteroatoms. The molecule has 1 aliphatic rings. The van der Waals surface area contributed by atoms with E-state index >= 15 is 0 Å². The van der Waals surface area contributed by atoms with Gasteiger partial charge < -0.3 is 11.1 Å². The fourth-order valence-corrected chi connectivity index (χ4v) is 3.74. The number of allylic oxidation sites excluding steroid dienone is 2. The smallest absolute Gasteiger partial charge is 0.207 e. The second-order valence-electron chi connectivity index (χ2n) is 5.95. The molecule has 1 aliphatic heterocycles. The normalized spacial score (nSPS) is 20.3. The molecule has 0 aromatic carbocycles. The largest absolute Gasteiger partial charge is 0.355 e. The molecule has 1 unspecified atom stereocenters. The van der Waals surface area contributed by atoms with E-state index in [1.54, 1.807) is 6.20 Å². The summed E-state index contributed by atoms with van der Waals surface area (Å²) in [7, 11) is 0. The molecule has 0 saturated carbocycles. The van der Waals surface area contributed by atoms with Gasteiger partial charge in [-0.05, 0) is 29.2 Å². The van der Waals surface area contributed by atoms with Crippen LogP contribution in [0.4, 0.5) is 0 Å². The summed E-state index contributed by atoms with van der Waals surface area (Å²) in [5.41, 5.74) is 7.44. The number of rotatable bonds is 9. The highest BCUT2D eigenvalue weighted by atomic mass is 35.5. The molecule has 3 N–H and O–H groups in total. The summed E-state index contributed by atoms with van der Waals surface area (Å²) in [6, 6.07) is 3.78. The van der Waals surface area contributed by atoms with Gasteiger partial charge >= 0.3 is 0 Å². The van der Waals surface area contributed by atoms with Crippen LogP contribution in [0, 0.1) is 11.8 Å². The highest BCUT2D eigenvalue weighted by Gasteiger charge is 2.18. The number of hydrogen-bond acceptors (Lipinski definition) is 5. The predicted molar refractivity (Wildman–Crippen MR) is 109 cm³/mol. The van der Waals surface area contributed by atoms with Crippen LogP contribution in [-0.4, -0.2) is 30.7 Å². The molecule has 2 rings (SSSR count). The maximum atomic E-state index is 10.6. The number of carbonyl (C=O) groups is 1. The molecular formula is C19H23ClN4OS. The van der Waals surface area contributed by atoms with Crippen molar-refractivity contribution in [3.63, 3.8) is 0 Å². The monoisotopic (exact) mass is 390 g/mol. The highest BCUT2D eigenvalue weighted by Crippen LogP contribution is 2.36. The van der Waals surface area contributed by atoms with E-state index in [9.17, 15) is 4.79 Å². The van der Waals surface area contributed by atoms with Crippen molar-refractivity contribution >= 4 is 36.0 Å². The first kappa shape index (κ1) is 20.4. The van der Waals surface area contributed by atoms with Crippen molar-refractivity contribution in [3.8, 4) is 0 Å². The molecule has 138 valence electrons. The molecular weight excluding hydrogens is 368 g/mol. The number of nitrogens with one attached hydrogen (secondary N) is 1. The Balaban J connectivity index is 2.28. The lowest BCUT2D eigenvalue weighted by Gasteiger charge is -2.14. The van der Waals surface area contributed by atoms with Crippen LogP contribution in [0.25, 0.3) is 0 Å². The Bertz CT molecular complexity index is 745. The van der Waals surface area contributed by atoms with E-state index in [2.05, 4.69) is 34.9 Å². The molecule has 0 fully saturated rings. The maximum absolute atomic E-state index is 10.6. The van der Waals surface area contributed by atoms with Crippen molar-refractivity contribution in [2.45, 2.75) is 18.5 Å². The number of aliphatic imine (C=N–C) groups is 1. The number of hydrogen-bond donors (Lipinski definition) is 2. The van der Waals surface area contributed by atoms with E-state index in [1.165, 1.54) is 11.8 Å². The molecule has 5 nitrogen and oxygen atoms in total. The fourth-order valence-electron chi connectivity index (χ4n) is 2.45. The Morgan fingerprint density at radius 3 is 3.04 bits per heavy atom. The van der Waals surface area contributed by atoms with E-state index < -0.39 is 0 Å². The third kappa shape index (κ3) is 5.56. The van der Waals surface area contributed by atoms with Crippen LogP contribution in [0.1, 0.15) is 12.5 Å². The van der Waals surface area contributed by atoms with Crippen molar-refractivity contribution in [2.75, 3.05) is 13.1 Å². The van der Waals surface area contributed by atoms with Crippen molar-refractivity contribution < 1.29 is 4.79 Å². The quantitative estimate of drug-likeness (QED) is 0.385. The van der Waals surface area contributed by atoms with E-state index in [4.69, 9.17) is 17.3 Å². The van der Waals surface area contributed by atoms with E-state index in [1.807, 2.05) is 24.4 Å². The van der Waals surface area contributed by atoms with Crippen LogP contribution in [0.2, 0.25) is 0 Å². The number of aromatic nitrogens is 1. The lowest BCUT2D eigenvalue weighted by molar-refractivity contribution is -0.109. The Morgan fingerprint density at radius 1 is 1.58 bits per heavy atom. The van der Waals surface area contributed by atoms with Gasteiger partial charge in [0.15, 0.2) is 0 Å². The molecule has 0 aliphatic carbocycles. The van der Waals surface area contributed by atoms with E-state index in [-0.39, 0.29) is 0 Å². The first-order valence-corrected chi connectivity index (χ1v) is 9.51. The van der Waals surface area contributed by atoms with Gasteiger partial charge in [0.1, 0.15) is 5.03 Å². The number of carbonyl (C=O) groups excluding carboxylic acids is 1. The zero-order valence-electron chi connectivity index (χ0n) is 14.7. The fraction of sp³-hybridized carbons (Fsp3) is 0.316. The predicted octanol–water partition coefficient (Wildman–Crippen LogP) is 3.28. The molecule has 1 amide bonds. The molecule has 1 aromatic heterocycles. The average Bonchev–Trinajstić information content (AvgIpc) is 3.07. The van der Waals surface area contributed by atoms with Gasteiger partial charge in [0, 0.05) is 42.9 Å². The van der Waals surface area contributed by atoms with Crippen LogP contribution in [0.3, 0.4) is 0 Å². The molecule has 0 radical (unpaired) electrons. The van der Waals surface area contributed by atoms with E-state index in [0.29, 0.717) is 41.9 Å². The molecule has 26 heavy (non-hydrogen) atoms. The molecule has 1 aromatic rings. The number of amides is 1. The molecule has 2 heterocycles. The summed E-state index contributed by atoms with van der Waals surface area (Å²) in [5.74, 6) is 0.734. The third-order valence-electron chi connectivity index (χ3n) is 4.03. The minimum absolute atomic E-state index is 0.309. The third-order valence-corrected chi connectivity index (χ3v) is 5.73. The van der Waals surface area contributed by atoms with Crippen molar-refractivity contribution in [3.05, 3.63) is 58.1 Å². The Hall–Kier alpha value is -1.89. The lowest BCUT2D eigenvalue weighted by atomic mass is 9.97. The molecule has 2 atom stereocenters. The molecule has 0 saturated heterocycles. The van der Waals surface area contributed by atoms with Gasteiger partial charge in [0.2, 0.25) is 6.41 Å². The van der Waals surface area contributed by atoms with Crippen LogP contribution in [-0.2, 0) is 11.3 Å². The van der Waals surface area contributed by atoms with Gasteiger partial charge in [-0.15, -0.1) is 0 Å². The van der Waals surface area contributed by atoms with Gasteiger partial charge in [-0.3, -0.25) is 9.79 Å². The van der Waals surface area contributed by atoms with Gasteiger partial charge in [0.05, 0.1) is 5.03 Å². The van der Waals surface area contributed by atoms with Gasteiger partial charge in [0.25, 0.3) is 0 Å². The van der Waals surface area contributed by atoms with Crippen LogP contribution >= 0.6 is 23.4 Å². The number of thioether (sulfide) groups is 1. The van der Waals surface area contributed by atoms with Crippen molar-refractivity contribution in [1.29, 1.82) is 0 Å². The summed E-state index contributed by atoms with van der Waals surface area (Å²) >= 11 is 8.00. The van der Waals surface area contributed by atoms with Crippen LogP contribution in [0.5, 0.6) is 0 Å². The van der Waals surface area contributed by atoms with Gasteiger partial charge in [-0.2, -0.15) is 0 Å². The first-order chi connectivity index (χ1) is 12.6. The minimum Gasteiger partial charge on any atom is -0.355 e. The van der Waals surface area contributed by atoms with Gasteiger partial charge in [-0.25, -0.2) is 4.98 Å². The Labute approximate surface area is 163 Å². The maximum Gasteiger partial charge on any atom is 0.207 e. The average molecular weight is 391 g/mol. The number of nitrogens with zero attached hydrogens (tertiary/aromatic N) is 2. The number of pyridine rings is 1. The van der Waals surface area contributed by atoms with Gasteiger partial charge in [-0.1, -0.05) is 49.0 Å². The Morgan fingerprint density at radius 2 is 2.38 bits per heavy atom. The summed E-state index contributed by atoms with van der Waals surface area (Å²) < 4.78 is 0. The van der Waals surface area contributed by atoms with E-state index in [0.717, 1.165) is 22.0 Å². The summed E-state index contributed by atoms with van der Waals surface area (Å²) in [4.78, 5) is 20.1. The lowest BCUT2D eigenvalue weighted by Crippen LogP contribution is -2.15. The zero-order chi connectivity index (χ0) is 18.9. The summed E-state index contributed by atoms with van der Waals surface area (Å²) in [6.45, 7) is 7.65. The SMILES string of the molecule is C=C(CNC=O)/C(Sc1ncccc1CN)=C(Cl)\C=C/C1CN=C[C@@H]1C. The highest BCUT2D eigenvalue weighted by molar-refractivity contribution is 8.03. The second-order valence-corrected chi connectivity index (χ2v) is 7.36. The van der Waals surface area contributed by atoms with Crippen LogP contribution in [0.15, 0.2) is 62.6 Å². The standard InChI is InChI=1S/C19H23ClN4OS/c1-13-9-22-11-16(13)5-6-17(20)18(14(2)10-23-12-25)26-19-15(8-21)4-3-7-24-19/h3-7,9,12-13,16H,2,8,10-11,21H2,1H3,(H,23,25)/b6-5-,18-17-/t13-,16?/m0/s1. The molecule has 0 spiro atoms.